The maximum Gasteiger partial charge on any atom is 0.434 e. The minimum atomic E-state index is -4.42. The van der Waals surface area contributed by atoms with Crippen LogP contribution >= 0.6 is 15.9 Å². The van der Waals surface area contributed by atoms with Gasteiger partial charge in [-0.05, 0) is 0 Å². The lowest BCUT2D eigenvalue weighted by molar-refractivity contribution is -0.140. The van der Waals surface area contributed by atoms with Crippen LogP contribution in [0.5, 0.6) is 0 Å². The number of alkyl halides is 4. The van der Waals surface area contributed by atoms with Crippen LogP contribution < -0.4 is 0 Å². The fourth-order valence-corrected chi connectivity index (χ4v) is 1.60. The molecule has 2 aromatic heterocycles. The summed E-state index contributed by atoms with van der Waals surface area (Å²) in [6.45, 7) is 0. The van der Waals surface area contributed by atoms with E-state index in [-0.39, 0.29) is 5.65 Å². The van der Waals surface area contributed by atoms with Crippen LogP contribution in [-0.4, -0.2) is 14.4 Å². The van der Waals surface area contributed by atoms with Crippen LogP contribution in [0.25, 0.3) is 5.65 Å². The van der Waals surface area contributed by atoms with E-state index >= 15 is 0 Å². The van der Waals surface area contributed by atoms with E-state index in [1.165, 1.54) is 16.9 Å². The number of hydrogen-bond donors (Lipinski definition) is 0. The monoisotopic (exact) mass is 279 g/mol. The van der Waals surface area contributed by atoms with Gasteiger partial charge in [0.25, 0.3) is 0 Å². The summed E-state index contributed by atoms with van der Waals surface area (Å²) in [6.07, 6.45) is -0.717. The van der Waals surface area contributed by atoms with E-state index in [4.69, 9.17) is 0 Å². The Labute approximate surface area is 91.1 Å². The molecule has 0 aromatic carbocycles. The van der Waals surface area contributed by atoms with Crippen molar-refractivity contribution in [2.45, 2.75) is 11.5 Å². The number of rotatable bonds is 1. The summed E-state index contributed by atoms with van der Waals surface area (Å²) in [4.78, 5) is 7.33. The first kappa shape index (κ1) is 10.4. The molecule has 0 N–H and O–H groups in total. The van der Waals surface area contributed by atoms with Crippen LogP contribution in [0.15, 0.2) is 18.7 Å². The maximum atomic E-state index is 12.4. The molecule has 0 amide bonds. The summed E-state index contributed by atoms with van der Waals surface area (Å²) >= 11 is 3.16. The van der Waals surface area contributed by atoms with Crippen molar-refractivity contribution in [2.24, 2.45) is 0 Å². The quantitative estimate of drug-likeness (QED) is 0.752. The van der Waals surface area contributed by atoms with Gasteiger partial charge in [0, 0.05) is 23.3 Å². The van der Waals surface area contributed by atoms with Gasteiger partial charge >= 0.3 is 6.18 Å². The average Bonchev–Trinajstić information content (AvgIpc) is 2.59. The fraction of sp³-hybridized carbons (Fsp3) is 0.250. The van der Waals surface area contributed by atoms with Crippen LogP contribution in [0.2, 0.25) is 0 Å². The second kappa shape index (κ2) is 3.48. The van der Waals surface area contributed by atoms with Crippen LogP contribution in [-0.2, 0) is 11.5 Å². The van der Waals surface area contributed by atoms with Crippen molar-refractivity contribution in [3.63, 3.8) is 0 Å². The second-order valence-corrected chi connectivity index (χ2v) is 3.47. The molecule has 0 aliphatic heterocycles. The number of aromatic nitrogens is 3. The molecule has 0 spiro atoms. The maximum absolute atomic E-state index is 12.4. The standard InChI is InChI=1S/C8H5BrF3N3/c9-1-5-2-13-4-15-3-6(8(10,11)12)14-7(5)15/h2-4H,1H2. The van der Waals surface area contributed by atoms with Gasteiger partial charge in [-0.15, -0.1) is 0 Å². The molecule has 15 heavy (non-hydrogen) atoms. The van der Waals surface area contributed by atoms with Crippen molar-refractivity contribution < 1.29 is 13.2 Å². The van der Waals surface area contributed by atoms with Crippen molar-refractivity contribution in [3.8, 4) is 0 Å². The molecule has 0 saturated carbocycles. The zero-order chi connectivity index (χ0) is 11.1. The third kappa shape index (κ3) is 1.83. The molecule has 0 saturated heterocycles. The lowest BCUT2D eigenvalue weighted by Crippen LogP contribution is -2.04. The fourth-order valence-electron chi connectivity index (χ4n) is 1.20. The summed E-state index contributed by atoms with van der Waals surface area (Å²) in [7, 11) is 0. The number of fused-ring (bicyclic) bond motifs is 1. The van der Waals surface area contributed by atoms with Crippen LogP contribution in [0, 0.1) is 0 Å². The predicted molar refractivity (Wildman–Crippen MR) is 50.6 cm³/mol. The summed E-state index contributed by atoms with van der Waals surface area (Å²) in [5, 5.41) is 0.415. The highest BCUT2D eigenvalue weighted by molar-refractivity contribution is 9.08. The number of halogens is 4. The lowest BCUT2D eigenvalue weighted by Gasteiger charge is -1.98. The predicted octanol–water partition coefficient (Wildman–Crippen LogP) is 2.64. The molecule has 0 bridgehead atoms. The Morgan fingerprint density at radius 1 is 1.40 bits per heavy atom. The first-order valence-electron chi connectivity index (χ1n) is 3.97. The first-order chi connectivity index (χ1) is 7.02. The van der Waals surface area contributed by atoms with Crippen molar-refractivity contribution in [2.75, 3.05) is 0 Å². The van der Waals surface area contributed by atoms with E-state index in [9.17, 15) is 13.2 Å². The van der Waals surface area contributed by atoms with E-state index in [0.717, 1.165) is 6.20 Å². The summed E-state index contributed by atoms with van der Waals surface area (Å²) < 4.78 is 38.3. The van der Waals surface area contributed by atoms with Gasteiger partial charge < -0.3 is 0 Å². The zero-order valence-electron chi connectivity index (χ0n) is 7.29. The van der Waals surface area contributed by atoms with Gasteiger partial charge in [-0.1, -0.05) is 15.9 Å². The van der Waals surface area contributed by atoms with Crippen molar-refractivity contribution in [1.82, 2.24) is 14.4 Å². The molecule has 2 heterocycles. The van der Waals surface area contributed by atoms with Crippen LogP contribution in [0.4, 0.5) is 13.2 Å². The Balaban J connectivity index is 2.65. The Bertz CT molecular complexity index is 491. The topological polar surface area (TPSA) is 30.2 Å². The van der Waals surface area contributed by atoms with Crippen molar-refractivity contribution in [1.29, 1.82) is 0 Å². The Kier molecular flexibility index (Phi) is 2.41. The van der Waals surface area contributed by atoms with E-state index in [1.807, 2.05) is 0 Å². The molecule has 0 fully saturated rings. The van der Waals surface area contributed by atoms with Crippen LogP contribution in [0.1, 0.15) is 11.3 Å². The third-order valence-corrected chi connectivity index (χ3v) is 2.48. The van der Waals surface area contributed by atoms with Gasteiger partial charge in [-0.25, -0.2) is 9.97 Å². The molecular formula is C8H5BrF3N3. The zero-order valence-corrected chi connectivity index (χ0v) is 8.88. The molecule has 7 heteroatoms. The van der Waals surface area contributed by atoms with E-state index in [0.29, 0.717) is 10.9 Å². The molecule has 80 valence electrons. The number of imidazole rings is 1. The third-order valence-electron chi connectivity index (χ3n) is 1.88. The SMILES string of the molecule is FC(F)(F)c1cn2cncc(CBr)c2n1. The molecule has 2 rings (SSSR count). The van der Waals surface area contributed by atoms with Gasteiger partial charge in [0.1, 0.15) is 12.0 Å². The molecule has 0 aliphatic carbocycles. The van der Waals surface area contributed by atoms with E-state index in [1.54, 1.807) is 0 Å². The number of hydrogen-bond acceptors (Lipinski definition) is 2. The normalized spacial score (nSPS) is 12.3. The van der Waals surface area contributed by atoms with Crippen molar-refractivity contribution in [3.05, 3.63) is 30.0 Å². The first-order valence-corrected chi connectivity index (χ1v) is 5.09. The second-order valence-electron chi connectivity index (χ2n) is 2.91. The highest BCUT2D eigenvalue weighted by Gasteiger charge is 2.34. The summed E-state index contributed by atoms with van der Waals surface area (Å²) in [5.41, 5.74) is -0.0140. The van der Waals surface area contributed by atoms with Gasteiger partial charge in [0.05, 0.1) is 0 Å². The minimum Gasteiger partial charge on any atom is -0.290 e. The minimum absolute atomic E-state index is 0.272. The molecule has 0 aliphatic rings. The van der Waals surface area contributed by atoms with Gasteiger partial charge in [-0.2, -0.15) is 13.2 Å². The highest BCUT2D eigenvalue weighted by Crippen LogP contribution is 2.29. The summed E-state index contributed by atoms with van der Waals surface area (Å²) in [6, 6.07) is 0. The molecule has 0 unspecified atom stereocenters. The van der Waals surface area contributed by atoms with Gasteiger partial charge in [-0.3, -0.25) is 4.40 Å². The number of nitrogens with zero attached hydrogens (tertiary/aromatic N) is 3. The smallest absolute Gasteiger partial charge is 0.290 e. The molecular weight excluding hydrogens is 275 g/mol. The lowest BCUT2D eigenvalue weighted by atomic mass is 10.4. The van der Waals surface area contributed by atoms with E-state index in [2.05, 4.69) is 25.9 Å². The molecule has 0 radical (unpaired) electrons. The summed E-state index contributed by atoms with van der Waals surface area (Å²) in [5.74, 6) is 0. The van der Waals surface area contributed by atoms with Gasteiger partial charge in [0.2, 0.25) is 0 Å². The average molecular weight is 280 g/mol. The van der Waals surface area contributed by atoms with Gasteiger partial charge in [0.15, 0.2) is 5.69 Å². The molecule has 0 atom stereocenters. The Morgan fingerprint density at radius 2 is 2.13 bits per heavy atom. The van der Waals surface area contributed by atoms with E-state index < -0.39 is 11.9 Å². The highest BCUT2D eigenvalue weighted by atomic mass is 79.9. The van der Waals surface area contributed by atoms with Crippen molar-refractivity contribution >= 4 is 21.6 Å². The van der Waals surface area contributed by atoms with Crippen LogP contribution in [0.3, 0.4) is 0 Å². The molecule has 2 aromatic rings. The Hall–Kier alpha value is -1.11. The largest absolute Gasteiger partial charge is 0.434 e. The molecule has 3 nitrogen and oxygen atoms in total. The Morgan fingerprint density at radius 3 is 2.73 bits per heavy atom.